The lowest BCUT2D eigenvalue weighted by molar-refractivity contribution is 0.376. The Kier molecular flexibility index (Phi) is 5.82. The first-order chi connectivity index (χ1) is 8.15. The molecule has 102 valence electrons. The van der Waals surface area contributed by atoms with Crippen LogP contribution in [0.4, 0.5) is 5.95 Å². The molecule has 1 aromatic heterocycles. The standard InChI is InChI=1S/C13H22N4.ClH/c1-10-8-11(2)16-13(15-10)17(3)9-12-4-6-14-7-5-12;/h8,12,14H,4-7,9H2,1-3H3;1H. The van der Waals surface area contributed by atoms with E-state index in [1.165, 1.54) is 12.8 Å². The smallest absolute Gasteiger partial charge is 0.225 e. The maximum Gasteiger partial charge on any atom is 0.225 e. The fourth-order valence-electron chi connectivity index (χ4n) is 2.41. The second-order valence-electron chi connectivity index (χ2n) is 5.02. The summed E-state index contributed by atoms with van der Waals surface area (Å²) in [5.74, 6) is 1.63. The molecule has 1 saturated heterocycles. The van der Waals surface area contributed by atoms with Crippen LogP contribution in [0.15, 0.2) is 6.07 Å². The van der Waals surface area contributed by atoms with Crippen LogP contribution in [0.2, 0.25) is 0 Å². The molecule has 1 N–H and O–H groups in total. The highest BCUT2D eigenvalue weighted by atomic mass is 35.5. The number of aromatic nitrogens is 2. The Balaban J connectivity index is 0.00000162. The molecule has 2 rings (SSSR count). The van der Waals surface area contributed by atoms with Gasteiger partial charge >= 0.3 is 0 Å². The van der Waals surface area contributed by atoms with Crippen LogP contribution in [0, 0.1) is 19.8 Å². The zero-order valence-corrected chi connectivity index (χ0v) is 12.3. The third kappa shape index (κ3) is 4.10. The first-order valence-electron chi connectivity index (χ1n) is 6.39. The minimum Gasteiger partial charge on any atom is -0.344 e. The lowest BCUT2D eigenvalue weighted by atomic mass is 9.98. The van der Waals surface area contributed by atoms with Crippen molar-refractivity contribution >= 4 is 18.4 Å². The van der Waals surface area contributed by atoms with Crippen molar-refractivity contribution in [2.45, 2.75) is 26.7 Å². The lowest BCUT2D eigenvalue weighted by Crippen LogP contribution is -2.35. The molecule has 18 heavy (non-hydrogen) atoms. The van der Waals surface area contributed by atoms with Crippen molar-refractivity contribution in [2.75, 3.05) is 31.6 Å². The molecular weight excluding hydrogens is 248 g/mol. The van der Waals surface area contributed by atoms with Gasteiger partial charge in [0.25, 0.3) is 0 Å². The molecular formula is C13H23ClN4. The van der Waals surface area contributed by atoms with Crippen molar-refractivity contribution in [1.82, 2.24) is 15.3 Å². The van der Waals surface area contributed by atoms with E-state index in [-0.39, 0.29) is 12.4 Å². The number of anilines is 1. The summed E-state index contributed by atoms with van der Waals surface area (Å²) in [6.07, 6.45) is 2.52. The fraction of sp³-hybridized carbons (Fsp3) is 0.692. The highest BCUT2D eigenvalue weighted by Gasteiger charge is 2.16. The van der Waals surface area contributed by atoms with Crippen molar-refractivity contribution in [1.29, 1.82) is 0 Å². The van der Waals surface area contributed by atoms with Gasteiger partial charge < -0.3 is 10.2 Å². The van der Waals surface area contributed by atoms with Crippen LogP contribution in [0.3, 0.4) is 0 Å². The van der Waals surface area contributed by atoms with Crippen LogP contribution >= 0.6 is 12.4 Å². The minimum atomic E-state index is 0. The van der Waals surface area contributed by atoms with E-state index in [1.54, 1.807) is 0 Å². The Hall–Kier alpha value is -0.870. The van der Waals surface area contributed by atoms with Crippen LogP contribution in [-0.2, 0) is 0 Å². The molecule has 0 aromatic carbocycles. The summed E-state index contributed by atoms with van der Waals surface area (Å²) < 4.78 is 0. The number of aryl methyl sites for hydroxylation is 2. The fourth-order valence-corrected chi connectivity index (χ4v) is 2.41. The zero-order chi connectivity index (χ0) is 12.3. The Morgan fingerprint density at radius 1 is 1.22 bits per heavy atom. The molecule has 1 aliphatic heterocycles. The zero-order valence-electron chi connectivity index (χ0n) is 11.4. The van der Waals surface area contributed by atoms with Gasteiger partial charge in [0.05, 0.1) is 0 Å². The van der Waals surface area contributed by atoms with Gasteiger partial charge in [0.2, 0.25) is 5.95 Å². The molecule has 0 aliphatic carbocycles. The first-order valence-corrected chi connectivity index (χ1v) is 6.39. The Morgan fingerprint density at radius 3 is 2.33 bits per heavy atom. The average molecular weight is 271 g/mol. The topological polar surface area (TPSA) is 41.1 Å². The normalized spacial score (nSPS) is 16.2. The van der Waals surface area contributed by atoms with Crippen molar-refractivity contribution in [3.05, 3.63) is 17.5 Å². The van der Waals surface area contributed by atoms with Gasteiger partial charge in [-0.05, 0) is 51.8 Å². The molecule has 5 heteroatoms. The SMILES string of the molecule is Cc1cc(C)nc(N(C)CC2CCNCC2)n1.Cl. The molecule has 1 aliphatic rings. The number of halogens is 1. The minimum absolute atomic E-state index is 0. The number of hydrogen-bond donors (Lipinski definition) is 1. The van der Waals surface area contributed by atoms with Crippen LogP contribution in [-0.4, -0.2) is 36.6 Å². The van der Waals surface area contributed by atoms with Crippen LogP contribution in [0.1, 0.15) is 24.2 Å². The lowest BCUT2D eigenvalue weighted by Gasteiger charge is -2.27. The predicted molar refractivity (Wildman–Crippen MR) is 77.6 cm³/mol. The van der Waals surface area contributed by atoms with Crippen molar-refractivity contribution < 1.29 is 0 Å². The summed E-state index contributed by atoms with van der Waals surface area (Å²) in [6, 6.07) is 2.02. The predicted octanol–water partition coefficient (Wildman–Crippen LogP) is 1.95. The van der Waals surface area contributed by atoms with E-state index in [0.717, 1.165) is 42.9 Å². The Morgan fingerprint density at radius 2 is 1.78 bits per heavy atom. The summed E-state index contributed by atoms with van der Waals surface area (Å²) in [5, 5.41) is 3.40. The maximum atomic E-state index is 4.50. The molecule has 0 spiro atoms. The van der Waals surface area contributed by atoms with E-state index in [0.29, 0.717) is 0 Å². The van der Waals surface area contributed by atoms with Gasteiger partial charge in [-0.1, -0.05) is 0 Å². The largest absolute Gasteiger partial charge is 0.344 e. The van der Waals surface area contributed by atoms with Crippen LogP contribution in [0.25, 0.3) is 0 Å². The molecule has 1 fully saturated rings. The average Bonchev–Trinajstić information content (AvgIpc) is 2.29. The first kappa shape index (κ1) is 15.2. The number of piperidine rings is 1. The molecule has 0 atom stereocenters. The summed E-state index contributed by atoms with van der Waals surface area (Å²) in [5.41, 5.74) is 2.09. The van der Waals surface area contributed by atoms with Crippen molar-refractivity contribution in [2.24, 2.45) is 5.92 Å². The second-order valence-corrected chi connectivity index (χ2v) is 5.02. The Bertz CT molecular complexity index is 357. The number of rotatable bonds is 3. The van der Waals surface area contributed by atoms with E-state index in [1.807, 2.05) is 19.9 Å². The van der Waals surface area contributed by atoms with Gasteiger partial charge in [-0.25, -0.2) is 9.97 Å². The number of nitrogens with zero attached hydrogens (tertiary/aromatic N) is 3. The molecule has 0 unspecified atom stereocenters. The van der Waals surface area contributed by atoms with Gasteiger partial charge in [-0.15, -0.1) is 12.4 Å². The quantitative estimate of drug-likeness (QED) is 0.912. The maximum absolute atomic E-state index is 4.50. The van der Waals surface area contributed by atoms with E-state index < -0.39 is 0 Å². The third-order valence-corrected chi connectivity index (χ3v) is 3.30. The van der Waals surface area contributed by atoms with Crippen LogP contribution in [0.5, 0.6) is 0 Å². The van der Waals surface area contributed by atoms with E-state index in [2.05, 4.69) is 27.2 Å². The van der Waals surface area contributed by atoms with Gasteiger partial charge in [-0.3, -0.25) is 0 Å². The van der Waals surface area contributed by atoms with E-state index in [4.69, 9.17) is 0 Å². The summed E-state index contributed by atoms with van der Waals surface area (Å²) in [6.45, 7) is 7.40. The van der Waals surface area contributed by atoms with Crippen molar-refractivity contribution in [3.8, 4) is 0 Å². The van der Waals surface area contributed by atoms with Gasteiger partial charge in [0.1, 0.15) is 0 Å². The monoisotopic (exact) mass is 270 g/mol. The third-order valence-electron chi connectivity index (χ3n) is 3.30. The summed E-state index contributed by atoms with van der Waals surface area (Å²) >= 11 is 0. The molecule has 2 heterocycles. The molecule has 0 amide bonds. The van der Waals surface area contributed by atoms with E-state index >= 15 is 0 Å². The molecule has 1 aromatic rings. The van der Waals surface area contributed by atoms with Crippen molar-refractivity contribution in [3.63, 3.8) is 0 Å². The highest BCUT2D eigenvalue weighted by molar-refractivity contribution is 5.85. The van der Waals surface area contributed by atoms with E-state index in [9.17, 15) is 0 Å². The van der Waals surface area contributed by atoms with Gasteiger partial charge in [-0.2, -0.15) is 0 Å². The summed E-state index contributed by atoms with van der Waals surface area (Å²) in [7, 11) is 2.09. The molecule has 0 radical (unpaired) electrons. The molecule has 4 nitrogen and oxygen atoms in total. The number of nitrogens with one attached hydrogen (secondary N) is 1. The summed E-state index contributed by atoms with van der Waals surface area (Å²) in [4.78, 5) is 11.2. The van der Waals surface area contributed by atoms with Gasteiger partial charge in [0, 0.05) is 25.0 Å². The Labute approximate surface area is 116 Å². The number of hydrogen-bond acceptors (Lipinski definition) is 4. The second kappa shape index (κ2) is 6.90. The van der Waals surface area contributed by atoms with Gasteiger partial charge in [0.15, 0.2) is 0 Å². The highest BCUT2D eigenvalue weighted by Crippen LogP contribution is 2.16. The molecule has 0 bridgehead atoms. The van der Waals surface area contributed by atoms with Crippen LogP contribution < -0.4 is 10.2 Å². The molecule has 0 saturated carbocycles.